The molecule has 3 N–H and O–H groups in total. The minimum absolute atomic E-state index is 0.218. The first-order chi connectivity index (χ1) is 9.93. The molecule has 1 aliphatic rings. The molecule has 4 nitrogen and oxygen atoms in total. The van der Waals surface area contributed by atoms with Gasteiger partial charge in [0.25, 0.3) is 5.91 Å². The van der Waals surface area contributed by atoms with Gasteiger partial charge in [-0.25, -0.2) is 0 Å². The number of carbonyl (C=O) groups is 1. The van der Waals surface area contributed by atoms with Crippen molar-refractivity contribution in [1.29, 1.82) is 0 Å². The topological polar surface area (TPSA) is 64.3 Å². The number of amides is 1. The van der Waals surface area contributed by atoms with Crippen LogP contribution in [0.15, 0.2) is 24.3 Å². The molecule has 1 atom stereocenters. The van der Waals surface area contributed by atoms with Gasteiger partial charge in [0, 0.05) is 5.02 Å². The third-order valence-corrected chi connectivity index (χ3v) is 4.40. The number of hydrogen-bond donors (Lipinski definition) is 2. The van der Waals surface area contributed by atoms with Gasteiger partial charge in [-0.15, -0.1) is 0 Å². The lowest BCUT2D eigenvalue weighted by Crippen LogP contribution is -2.57. The summed E-state index contributed by atoms with van der Waals surface area (Å²) < 4.78 is 5.61. The van der Waals surface area contributed by atoms with E-state index in [4.69, 9.17) is 34.3 Å². The number of carbonyl (C=O) groups excluding carboxylic acids is 1. The quantitative estimate of drug-likeness (QED) is 0.817. The summed E-state index contributed by atoms with van der Waals surface area (Å²) in [5, 5.41) is 3.53. The summed E-state index contributed by atoms with van der Waals surface area (Å²) in [5.74, 6) is 0.339. The van der Waals surface area contributed by atoms with Crippen molar-refractivity contribution in [3.63, 3.8) is 0 Å². The fraction of sp³-hybridized carbons (Fsp3) is 0.467. The smallest absolute Gasteiger partial charge is 0.261 e. The lowest BCUT2D eigenvalue weighted by Gasteiger charge is -2.30. The lowest BCUT2D eigenvalue weighted by molar-refractivity contribution is -0.128. The molecule has 0 saturated heterocycles. The van der Waals surface area contributed by atoms with Gasteiger partial charge in [0.2, 0.25) is 0 Å². The van der Waals surface area contributed by atoms with E-state index in [1.165, 1.54) is 0 Å². The SMILES string of the molecule is CC(Oc1cccc(Cl)c1)C(=O)NC1(C(N)=S)CCCC1. The van der Waals surface area contributed by atoms with Crippen LogP contribution in [0.3, 0.4) is 0 Å². The zero-order valence-electron chi connectivity index (χ0n) is 11.9. The predicted molar refractivity (Wildman–Crippen MR) is 87.7 cm³/mol. The molecule has 0 spiro atoms. The number of thiocarbonyl (C=S) groups is 1. The van der Waals surface area contributed by atoms with E-state index in [-0.39, 0.29) is 5.91 Å². The molecule has 1 aromatic rings. The van der Waals surface area contributed by atoms with Crippen molar-refractivity contribution >= 4 is 34.7 Å². The molecule has 1 amide bonds. The van der Waals surface area contributed by atoms with Crippen LogP contribution < -0.4 is 15.8 Å². The van der Waals surface area contributed by atoms with Crippen molar-refractivity contribution in [2.45, 2.75) is 44.2 Å². The largest absolute Gasteiger partial charge is 0.481 e. The van der Waals surface area contributed by atoms with E-state index < -0.39 is 11.6 Å². The Labute approximate surface area is 135 Å². The zero-order valence-corrected chi connectivity index (χ0v) is 13.5. The number of benzene rings is 1. The van der Waals surface area contributed by atoms with Crippen molar-refractivity contribution < 1.29 is 9.53 Å². The van der Waals surface area contributed by atoms with Crippen LogP contribution in [0.25, 0.3) is 0 Å². The van der Waals surface area contributed by atoms with Gasteiger partial charge in [-0.3, -0.25) is 4.79 Å². The Morgan fingerprint density at radius 2 is 2.14 bits per heavy atom. The summed E-state index contributed by atoms with van der Waals surface area (Å²) in [6.07, 6.45) is 2.97. The van der Waals surface area contributed by atoms with Crippen LogP contribution >= 0.6 is 23.8 Å². The van der Waals surface area contributed by atoms with Crippen molar-refractivity contribution in [2.24, 2.45) is 5.73 Å². The third kappa shape index (κ3) is 3.86. The normalized spacial score (nSPS) is 18.0. The Bertz CT molecular complexity index is 544. The summed E-state index contributed by atoms with van der Waals surface area (Å²) in [4.78, 5) is 12.7. The number of hydrogen-bond acceptors (Lipinski definition) is 3. The van der Waals surface area contributed by atoms with Crippen LogP contribution in [0.4, 0.5) is 0 Å². The van der Waals surface area contributed by atoms with Crippen LogP contribution in [-0.2, 0) is 4.79 Å². The van der Waals surface area contributed by atoms with Gasteiger partial charge in [-0.1, -0.05) is 42.7 Å². The molecule has 2 rings (SSSR count). The van der Waals surface area contributed by atoms with E-state index >= 15 is 0 Å². The molecule has 1 unspecified atom stereocenters. The van der Waals surface area contributed by atoms with Gasteiger partial charge in [-0.05, 0) is 38.0 Å². The first-order valence-electron chi connectivity index (χ1n) is 6.97. The molecule has 0 heterocycles. The first-order valence-corrected chi connectivity index (χ1v) is 7.76. The van der Waals surface area contributed by atoms with E-state index in [1.807, 2.05) is 0 Å². The molecular weight excluding hydrogens is 308 g/mol. The second-order valence-electron chi connectivity index (χ2n) is 5.36. The van der Waals surface area contributed by atoms with E-state index in [0.717, 1.165) is 25.7 Å². The monoisotopic (exact) mass is 326 g/mol. The first kappa shape index (κ1) is 16.0. The highest BCUT2D eigenvalue weighted by atomic mass is 35.5. The fourth-order valence-corrected chi connectivity index (χ4v) is 2.98. The Morgan fingerprint density at radius 3 is 2.71 bits per heavy atom. The van der Waals surface area contributed by atoms with E-state index in [1.54, 1.807) is 31.2 Å². The summed E-state index contributed by atoms with van der Waals surface area (Å²) in [6, 6.07) is 6.95. The standard InChI is InChI=1S/C15H19ClN2O2S/c1-10(20-12-6-4-5-11(16)9-12)13(19)18-15(14(17)21)7-2-3-8-15/h4-6,9-10H,2-3,7-8H2,1H3,(H2,17,21)(H,18,19). The van der Waals surface area contributed by atoms with Crippen molar-refractivity contribution in [3.8, 4) is 5.75 Å². The molecule has 6 heteroatoms. The maximum absolute atomic E-state index is 12.3. The summed E-state index contributed by atoms with van der Waals surface area (Å²) in [7, 11) is 0. The maximum Gasteiger partial charge on any atom is 0.261 e. The molecule has 1 aromatic carbocycles. The van der Waals surface area contributed by atoms with Crippen LogP contribution in [0.1, 0.15) is 32.6 Å². The highest BCUT2D eigenvalue weighted by Gasteiger charge is 2.39. The van der Waals surface area contributed by atoms with Gasteiger partial charge in [0.15, 0.2) is 6.10 Å². The van der Waals surface area contributed by atoms with Crippen LogP contribution in [0.2, 0.25) is 5.02 Å². The van der Waals surface area contributed by atoms with Gasteiger partial charge >= 0.3 is 0 Å². The molecule has 0 aromatic heterocycles. The highest BCUT2D eigenvalue weighted by Crippen LogP contribution is 2.30. The van der Waals surface area contributed by atoms with Crippen LogP contribution in [-0.4, -0.2) is 22.5 Å². The van der Waals surface area contributed by atoms with Gasteiger partial charge in [0.05, 0.1) is 10.5 Å². The minimum atomic E-state index is -0.643. The van der Waals surface area contributed by atoms with Crippen LogP contribution in [0, 0.1) is 0 Å². The van der Waals surface area contributed by atoms with Crippen LogP contribution in [0.5, 0.6) is 5.75 Å². The molecule has 0 radical (unpaired) electrons. The minimum Gasteiger partial charge on any atom is -0.481 e. The molecule has 0 bridgehead atoms. The lowest BCUT2D eigenvalue weighted by atomic mass is 9.97. The molecule has 114 valence electrons. The predicted octanol–water partition coefficient (Wildman–Crippen LogP) is 2.82. The van der Waals surface area contributed by atoms with E-state index in [9.17, 15) is 4.79 Å². The van der Waals surface area contributed by atoms with Gasteiger partial charge in [-0.2, -0.15) is 0 Å². The molecule has 1 aliphatic carbocycles. The van der Waals surface area contributed by atoms with Crippen molar-refractivity contribution in [3.05, 3.63) is 29.3 Å². The number of nitrogens with two attached hydrogens (primary N) is 1. The Morgan fingerprint density at radius 1 is 1.48 bits per heavy atom. The second-order valence-corrected chi connectivity index (χ2v) is 6.24. The summed E-state index contributed by atoms with van der Waals surface area (Å²) in [5.41, 5.74) is 5.25. The summed E-state index contributed by atoms with van der Waals surface area (Å²) in [6.45, 7) is 1.69. The number of rotatable bonds is 5. The van der Waals surface area contributed by atoms with Crippen molar-refractivity contribution in [2.75, 3.05) is 0 Å². The average molecular weight is 327 g/mol. The number of ether oxygens (including phenoxy) is 1. The molecule has 1 saturated carbocycles. The molecule has 0 aliphatic heterocycles. The fourth-order valence-electron chi connectivity index (χ4n) is 2.55. The number of halogens is 1. The Hall–Kier alpha value is -1.33. The Kier molecular flexibility index (Phi) is 5.06. The highest BCUT2D eigenvalue weighted by molar-refractivity contribution is 7.80. The Balaban J connectivity index is 2.01. The van der Waals surface area contributed by atoms with Crippen molar-refractivity contribution in [1.82, 2.24) is 5.32 Å². The zero-order chi connectivity index (χ0) is 15.5. The van der Waals surface area contributed by atoms with Gasteiger partial charge in [0.1, 0.15) is 5.75 Å². The average Bonchev–Trinajstić information content (AvgIpc) is 2.88. The maximum atomic E-state index is 12.3. The number of nitrogens with one attached hydrogen (secondary N) is 1. The summed E-state index contributed by atoms with van der Waals surface area (Å²) >= 11 is 11.0. The van der Waals surface area contributed by atoms with Gasteiger partial charge < -0.3 is 15.8 Å². The van der Waals surface area contributed by atoms with E-state index in [2.05, 4.69) is 5.32 Å². The third-order valence-electron chi connectivity index (χ3n) is 3.77. The van der Waals surface area contributed by atoms with E-state index in [0.29, 0.717) is 15.8 Å². The second kappa shape index (κ2) is 6.62. The molecular formula is C15H19ClN2O2S. The molecule has 1 fully saturated rings. The molecule has 21 heavy (non-hydrogen) atoms.